The molecule has 5 heteroatoms. The number of methoxy groups -OCH3 is 1. The average Bonchev–Trinajstić information content (AvgIpc) is 2.83. The van der Waals surface area contributed by atoms with Gasteiger partial charge in [-0.15, -0.1) is 0 Å². The Morgan fingerprint density at radius 3 is 3.00 bits per heavy atom. The van der Waals surface area contributed by atoms with E-state index in [1.54, 1.807) is 7.11 Å². The predicted molar refractivity (Wildman–Crippen MR) is 89.0 cm³/mol. The van der Waals surface area contributed by atoms with Crippen molar-refractivity contribution < 1.29 is 9.47 Å². The van der Waals surface area contributed by atoms with Gasteiger partial charge in [0.1, 0.15) is 11.9 Å². The Morgan fingerprint density at radius 2 is 2.29 bits per heavy atom. The minimum atomic E-state index is 0.199. The van der Waals surface area contributed by atoms with Gasteiger partial charge in [-0.25, -0.2) is 0 Å². The molecule has 0 fully saturated rings. The Kier molecular flexibility index (Phi) is 5.96. The third-order valence-electron chi connectivity index (χ3n) is 3.71. The molecule has 0 radical (unpaired) electrons. The number of hydrogen-bond donors (Lipinski definition) is 1. The monoisotopic (exact) mass is 308 g/mol. The molecule has 2 N–H and O–H groups in total. The summed E-state index contributed by atoms with van der Waals surface area (Å²) < 4.78 is 11.2. The van der Waals surface area contributed by atoms with Crippen LogP contribution in [0.1, 0.15) is 17.5 Å². The summed E-state index contributed by atoms with van der Waals surface area (Å²) in [7, 11) is 1.72. The predicted octanol–water partition coefficient (Wildman–Crippen LogP) is 1.92. The van der Waals surface area contributed by atoms with E-state index in [2.05, 4.69) is 30.0 Å². The highest BCUT2D eigenvalue weighted by molar-refractivity contribution is 7.80. The molecule has 1 atom stereocenters. The SMILES string of the molecule is COCCN(CCC(N)=S)CC1Cc2cc(C)ccc2O1. The van der Waals surface area contributed by atoms with E-state index in [1.165, 1.54) is 11.1 Å². The van der Waals surface area contributed by atoms with E-state index in [1.807, 2.05) is 0 Å². The number of nitrogens with two attached hydrogens (primary N) is 1. The van der Waals surface area contributed by atoms with Crippen molar-refractivity contribution in [3.05, 3.63) is 29.3 Å². The first-order valence-electron chi connectivity index (χ1n) is 7.34. The van der Waals surface area contributed by atoms with Gasteiger partial charge in [0.2, 0.25) is 0 Å². The lowest BCUT2D eigenvalue weighted by Crippen LogP contribution is -2.38. The lowest BCUT2D eigenvalue weighted by atomic mass is 10.1. The molecule has 1 aromatic rings. The van der Waals surface area contributed by atoms with Crippen LogP contribution in [0.5, 0.6) is 5.75 Å². The molecule has 0 bridgehead atoms. The number of ether oxygens (including phenoxy) is 2. The zero-order chi connectivity index (χ0) is 15.2. The summed E-state index contributed by atoms with van der Waals surface area (Å²) in [5.74, 6) is 1.02. The second-order valence-electron chi connectivity index (χ2n) is 5.56. The van der Waals surface area contributed by atoms with E-state index in [9.17, 15) is 0 Å². The summed E-state index contributed by atoms with van der Waals surface area (Å²) in [6.45, 7) is 5.42. The van der Waals surface area contributed by atoms with Crippen molar-refractivity contribution in [1.29, 1.82) is 0 Å². The van der Waals surface area contributed by atoms with Crippen molar-refractivity contribution in [2.24, 2.45) is 5.73 Å². The van der Waals surface area contributed by atoms with Crippen LogP contribution in [0.2, 0.25) is 0 Å². The molecule has 0 saturated carbocycles. The fourth-order valence-corrected chi connectivity index (χ4v) is 2.71. The first kappa shape index (κ1) is 16.2. The van der Waals surface area contributed by atoms with E-state index in [0.29, 0.717) is 11.6 Å². The Balaban J connectivity index is 1.90. The highest BCUT2D eigenvalue weighted by Gasteiger charge is 2.24. The van der Waals surface area contributed by atoms with Crippen LogP contribution >= 0.6 is 12.2 Å². The molecular weight excluding hydrogens is 284 g/mol. The summed E-state index contributed by atoms with van der Waals surface area (Å²) in [5.41, 5.74) is 8.19. The van der Waals surface area contributed by atoms with Crippen molar-refractivity contribution in [2.75, 3.05) is 33.4 Å². The molecule has 0 saturated heterocycles. The second-order valence-corrected chi connectivity index (χ2v) is 6.09. The fraction of sp³-hybridized carbons (Fsp3) is 0.562. The Bertz CT molecular complexity index is 493. The van der Waals surface area contributed by atoms with Crippen LogP contribution in [0.4, 0.5) is 0 Å². The molecule has 2 rings (SSSR count). The largest absolute Gasteiger partial charge is 0.488 e. The first-order valence-corrected chi connectivity index (χ1v) is 7.75. The molecule has 0 aromatic heterocycles. The molecule has 1 heterocycles. The lowest BCUT2D eigenvalue weighted by Gasteiger charge is -2.24. The van der Waals surface area contributed by atoms with Crippen LogP contribution in [0.3, 0.4) is 0 Å². The van der Waals surface area contributed by atoms with Gasteiger partial charge < -0.3 is 15.2 Å². The molecule has 21 heavy (non-hydrogen) atoms. The molecule has 1 aliphatic rings. The smallest absolute Gasteiger partial charge is 0.123 e. The average molecular weight is 308 g/mol. The van der Waals surface area contributed by atoms with E-state index in [4.69, 9.17) is 27.4 Å². The number of fused-ring (bicyclic) bond motifs is 1. The maximum Gasteiger partial charge on any atom is 0.123 e. The normalized spacial score (nSPS) is 16.8. The topological polar surface area (TPSA) is 47.7 Å². The molecule has 0 aliphatic carbocycles. The van der Waals surface area contributed by atoms with Gasteiger partial charge in [0.25, 0.3) is 0 Å². The number of benzene rings is 1. The summed E-state index contributed by atoms with van der Waals surface area (Å²) in [5, 5.41) is 0. The number of rotatable bonds is 8. The van der Waals surface area contributed by atoms with Crippen LogP contribution in [0.15, 0.2) is 18.2 Å². The number of nitrogens with zero attached hydrogens (tertiary/aromatic N) is 1. The van der Waals surface area contributed by atoms with E-state index >= 15 is 0 Å². The fourth-order valence-electron chi connectivity index (χ4n) is 2.62. The second kappa shape index (κ2) is 7.73. The number of thiocarbonyl (C=S) groups is 1. The van der Waals surface area contributed by atoms with Gasteiger partial charge in [-0.05, 0) is 18.6 Å². The highest BCUT2D eigenvalue weighted by Crippen LogP contribution is 2.29. The van der Waals surface area contributed by atoms with Crippen molar-refractivity contribution >= 4 is 17.2 Å². The van der Waals surface area contributed by atoms with Crippen molar-refractivity contribution in [2.45, 2.75) is 25.9 Å². The summed E-state index contributed by atoms with van der Waals surface area (Å²) in [4.78, 5) is 2.87. The summed E-state index contributed by atoms with van der Waals surface area (Å²) >= 11 is 4.97. The highest BCUT2D eigenvalue weighted by atomic mass is 32.1. The maximum atomic E-state index is 6.03. The molecule has 0 spiro atoms. The minimum absolute atomic E-state index is 0.199. The van der Waals surface area contributed by atoms with E-state index < -0.39 is 0 Å². The van der Waals surface area contributed by atoms with E-state index in [0.717, 1.165) is 38.2 Å². The zero-order valence-corrected chi connectivity index (χ0v) is 13.6. The Hall–Kier alpha value is -1.17. The zero-order valence-electron chi connectivity index (χ0n) is 12.8. The summed E-state index contributed by atoms with van der Waals surface area (Å²) in [6, 6.07) is 6.37. The third-order valence-corrected chi connectivity index (χ3v) is 3.91. The number of hydrogen-bond acceptors (Lipinski definition) is 4. The van der Waals surface area contributed by atoms with Gasteiger partial charge in [0, 0.05) is 39.6 Å². The van der Waals surface area contributed by atoms with Crippen LogP contribution in [-0.4, -0.2) is 49.3 Å². The molecule has 1 aliphatic heterocycles. The van der Waals surface area contributed by atoms with Crippen molar-refractivity contribution in [3.8, 4) is 5.75 Å². The lowest BCUT2D eigenvalue weighted by molar-refractivity contribution is 0.113. The maximum absolute atomic E-state index is 6.03. The summed E-state index contributed by atoms with van der Waals surface area (Å²) in [6.07, 6.45) is 1.90. The van der Waals surface area contributed by atoms with Gasteiger partial charge in [-0.1, -0.05) is 29.9 Å². The molecular formula is C16H24N2O2S. The quantitative estimate of drug-likeness (QED) is 0.744. The van der Waals surface area contributed by atoms with Gasteiger partial charge in [0.15, 0.2) is 0 Å². The van der Waals surface area contributed by atoms with Gasteiger partial charge in [0.05, 0.1) is 11.6 Å². The van der Waals surface area contributed by atoms with E-state index in [-0.39, 0.29) is 6.10 Å². The minimum Gasteiger partial charge on any atom is -0.488 e. The third kappa shape index (κ3) is 4.95. The van der Waals surface area contributed by atoms with Crippen LogP contribution in [0.25, 0.3) is 0 Å². The van der Waals surface area contributed by atoms with Crippen LogP contribution in [0, 0.1) is 6.92 Å². The Labute approximate surface area is 132 Å². The standard InChI is InChI=1S/C16H24N2O2S/c1-12-3-4-15-13(9-12)10-14(20-15)11-18(7-8-19-2)6-5-16(17)21/h3-4,9,14H,5-8,10-11H2,1-2H3,(H2,17,21). The van der Waals surface area contributed by atoms with Gasteiger partial charge in [-0.2, -0.15) is 0 Å². The van der Waals surface area contributed by atoms with Crippen LogP contribution < -0.4 is 10.5 Å². The van der Waals surface area contributed by atoms with Crippen molar-refractivity contribution in [1.82, 2.24) is 4.90 Å². The van der Waals surface area contributed by atoms with Gasteiger partial charge in [-0.3, -0.25) is 4.90 Å². The molecule has 1 aromatic carbocycles. The molecule has 4 nitrogen and oxygen atoms in total. The molecule has 0 amide bonds. The van der Waals surface area contributed by atoms with Gasteiger partial charge >= 0.3 is 0 Å². The molecule has 1 unspecified atom stereocenters. The first-order chi connectivity index (χ1) is 10.1. The number of aryl methyl sites for hydroxylation is 1. The Morgan fingerprint density at radius 1 is 1.48 bits per heavy atom. The van der Waals surface area contributed by atoms with Crippen LogP contribution in [-0.2, 0) is 11.2 Å². The van der Waals surface area contributed by atoms with Crippen molar-refractivity contribution in [3.63, 3.8) is 0 Å². The molecule has 116 valence electrons.